The quantitative estimate of drug-likeness (QED) is 0.825. The molecule has 1 aromatic carbocycles. The van der Waals surface area contributed by atoms with Crippen molar-refractivity contribution in [1.82, 2.24) is 0 Å². The van der Waals surface area contributed by atoms with Crippen molar-refractivity contribution in [1.29, 1.82) is 0 Å². The molecule has 0 radical (unpaired) electrons. The molecule has 2 N–H and O–H groups in total. The first-order chi connectivity index (χ1) is 9.76. The van der Waals surface area contributed by atoms with Gasteiger partial charge in [-0.3, -0.25) is 0 Å². The summed E-state index contributed by atoms with van der Waals surface area (Å²) in [4.78, 5) is 19.5. The Morgan fingerprint density at radius 2 is 1.48 bits per heavy atom. The van der Waals surface area contributed by atoms with Crippen LogP contribution in [0.4, 0.5) is 0 Å². The Bertz CT molecular complexity index is 487. The molecule has 0 aliphatic heterocycles. The zero-order chi connectivity index (χ0) is 16.8. The number of carboxylic acids is 2. The number of allylic oxidation sites excluding steroid dienone is 1. The van der Waals surface area contributed by atoms with Gasteiger partial charge in [0.25, 0.3) is 0 Å². The Morgan fingerprint density at radius 3 is 1.62 bits per heavy atom. The summed E-state index contributed by atoms with van der Waals surface area (Å²) in [6, 6.07) is 10.0. The summed E-state index contributed by atoms with van der Waals surface area (Å²) >= 11 is 0. The van der Waals surface area contributed by atoms with Crippen LogP contribution in [-0.4, -0.2) is 22.2 Å². The van der Waals surface area contributed by atoms with Crippen LogP contribution < -0.4 is 0 Å². The molecule has 21 heavy (non-hydrogen) atoms. The molecule has 0 amide bonds. The van der Waals surface area contributed by atoms with E-state index in [1.807, 2.05) is 36.4 Å². The van der Waals surface area contributed by atoms with Gasteiger partial charge < -0.3 is 10.2 Å². The second-order valence-corrected chi connectivity index (χ2v) is 3.98. The minimum absolute atomic E-state index is 0.176. The summed E-state index contributed by atoms with van der Waals surface area (Å²) in [5, 5.41) is 16.0. The van der Waals surface area contributed by atoms with Gasteiger partial charge in [0.2, 0.25) is 0 Å². The van der Waals surface area contributed by atoms with E-state index in [1.54, 1.807) is 19.9 Å². The molecule has 0 aliphatic carbocycles. The lowest BCUT2D eigenvalue weighted by atomic mass is 10.2. The number of aliphatic carboxylic acids is 2. The van der Waals surface area contributed by atoms with Crippen LogP contribution in [0.1, 0.15) is 26.3 Å². The number of carbonyl (C=O) groups is 2. The lowest BCUT2D eigenvalue weighted by Crippen LogP contribution is -1.93. The molecule has 0 fully saturated rings. The summed E-state index contributed by atoms with van der Waals surface area (Å²) < 4.78 is 0. The van der Waals surface area contributed by atoms with Crippen molar-refractivity contribution >= 4 is 18.0 Å². The molecule has 0 aromatic heterocycles. The highest BCUT2D eigenvalue weighted by molar-refractivity contribution is 5.85. The Hall–Kier alpha value is -2.62. The van der Waals surface area contributed by atoms with E-state index in [-0.39, 0.29) is 5.57 Å². The fourth-order valence-corrected chi connectivity index (χ4v) is 0.713. The molecule has 0 unspecified atom stereocenters. The highest BCUT2D eigenvalue weighted by Crippen LogP contribution is 1.97. The Balaban J connectivity index is 0. The van der Waals surface area contributed by atoms with Gasteiger partial charge >= 0.3 is 11.9 Å². The highest BCUT2D eigenvalue weighted by atomic mass is 16.4. The third kappa shape index (κ3) is 13.6. The van der Waals surface area contributed by atoms with Crippen LogP contribution in [0.2, 0.25) is 0 Å². The fourth-order valence-electron chi connectivity index (χ4n) is 0.713. The van der Waals surface area contributed by atoms with Crippen LogP contribution in [-0.2, 0) is 9.59 Å². The molecule has 4 nitrogen and oxygen atoms in total. The molecule has 4 heteroatoms. The summed E-state index contributed by atoms with van der Waals surface area (Å²) in [7, 11) is 0. The molecule has 1 aromatic rings. The minimum Gasteiger partial charge on any atom is -0.478 e. The number of benzene rings is 1. The van der Waals surface area contributed by atoms with Crippen LogP contribution in [0, 0.1) is 0 Å². The molecule has 0 aliphatic rings. The Kier molecular flexibility index (Phi) is 12.2. The first-order valence-corrected chi connectivity index (χ1v) is 6.18. The smallest absolute Gasteiger partial charge is 0.330 e. The van der Waals surface area contributed by atoms with Crippen molar-refractivity contribution in [3.63, 3.8) is 0 Å². The van der Waals surface area contributed by atoms with Gasteiger partial charge in [-0.15, -0.1) is 0 Å². The maximum atomic E-state index is 9.86. The summed E-state index contributed by atoms with van der Waals surface area (Å²) in [5.74, 6) is -1.78. The van der Waals surface area contributed by atoms with Crippen molar-refractivity contribution in [2.45, 2.75) is 20.8 Å². The number of hydrogen-bond donors (Lipinski definition) is 2. The maximum Gasteiger partial charge on any atom is 0.330 e. The normalized spacial score (nSPS) is 9.19. The molecule has 0 saturated carbocycles. The molecule has 0 heterocycles. The fraction of sp³-hybridized carbons (Fsp3) is 0.176. The van der Waals surface area contributed by atoms with Crippen LogP contribution in [0.5, 0.6) is 0 Å². The van der Waals surface area contributed by atoms with Crippen molar-refractivity contribution in [2.75, 3.05) is 0 Å². The van der Waals surface area contributed by atoms with Gasteiger partial charge in [-0.05, 0) is 26.3 Å². The maximum absolute atomic E-state index is 9.86. The first kappa shape index (κ1) is 20.7. The van der Waals surface area contributed by atoms with E-state index >= 15 is 0 Å². The summed E-state index contributed by atoms with van der Waals surface area (Å²) in [6.07, 6.45) is 3.39. The van der Waals surface area contributed by atoms with Crippen molar-refractivity contribution < 1.29 is 19.8 Å². The van der Waals surface area contributed by atoms with Gasteiger partial charge in [0.05, 0.1) is 0 Å². The van der Waals surface area contributed by atoms with Crippen LogP contribution in [0.25, 0.3) is 6.08 Å². The predicted molar refractivity (Wildman–Crippen MR) is 86.0 cm³/mol. The topological polar surface area (TPSA) is 74.6 Å². The molecular weight excluding hydrogens is 268 g/mol. The van der Waals surface area contributed by atoms with Crippen LogP contribution in [0.15, 0.2) is 60.7 Å². The zero-order valence-electron chi connectivity index (χ0n) is 12.7. The summed E-state index contributed by atoms with van der Waals surface area (Å²) in [5.41, 5.74) is 1.74. The molecule has 114 valence electrons. The minimum atomic E-state index is -0.935. The van der Waals surface area contributed by atoms with E-state index in [2.05, 4.69) is 13.2 Å². The predicted octanol–water partition coefficient (Wildman–Crippen LogP) is 4.01. The molecule has 0 spiro atoms. The van der Waals surface area contributed by atoms with Crippen LogP contribution in [0.3, 0.4) is 0 Å². The average molecular weight is 290 g/mol. The lowest BCUT2D eigenvalue weighted by Gasteiger charge is -1.85. The van der Waals surface area contributed by atoms with Gasteiger partial charge in [-0.2, -0.15) is 0 Å². The molecule has 1 rings (SSSR count). The lowest BCUT2D eigenvalue weighted by molar-refractivity contribution is -0.133. The van der Waals surface area contributed by atoms with E-state index in [0.29, 0.717) is 5.57 Å². The van der Waals surface area contributed by atoms with E-state index in [1.165, 1.54) is 12.5 Å². The molecule has 0 saturated heterocycles. The van der Waals surface area contributed by atoms with Gasteiger partial charge in [-0.25, -0.2) is 9.59 Å². The third-order valence-corrected chi connectivity index (χ3v) is 2.17. The van der Waals surface area contributed by atoms with E-state index in [9.17, 15) is 9.59 Å². The van der Waals surface area contributed by atoms with E-state index in [0.717, 1.165) is 0 Å². The first-order valence-electron chi connectivity index (χ1n) is 6.18. The van der Waals surface area contributed by atoms with Crippen molar-refractivity contribution in [3.05, 3.63) is 66.3 Å². The average Bonchev–Trinajstić information content (AvgIpc) is 2.48. The monoisotopic (exact) mass is 290 g/mol. The summed E-state index contributed by atoms with van der Waals surface area (Å²) in [6.45, 7) is 11.5. The SMILES string of the molecule is C=C(C)C(=O)O.C=Cc1ccccc1.CC=C(C)C(=O)O. The Morgan fingerprint density at radius 1 is 1.05 bits per heavy atom. The van der Waals surface area contributed by atoms with E-state index in [4.69, 9.17) is 10.2 Å². The molecular formula is C17H22O4. The number of carboxylic acid groups (broad SMARTS) is 2. The molecule has 0 atom stereocenters. The van der Waals surface area contributed by atoms with Crippen molar-refractivity contribution in [2.24, 2.45) is 0 Å². The van der Waals surface area contributed by atoms with Gasteiger partial charge in [0, 0.05) is 11.1 Å². The Labute approximate surface area is 125 Å². The standard InChI is InChI=1S/C8H8.C5H8O2.C4H6O2/c1-2-8-6-4-3-5-7-8;1-3-4(2)5(6)7;1-3(2)4(5)6/h2-7H,1H2;3H,1-2H3,(H,6,7);1H2,2H3,(H,5,6). The second kappa shape index (κ2) is 12.4. The van der Waals surface area contributed by atoms with Gasteiger partial charge in [-0.1, -0.05) is 55.6 Å². The van der Waals surface area contributed by atoms with E-state index < -0.39 is 11.9 Å². The zero-order valence-corrected chi connectivity index (χ0v) is 12.7. The van der Waals surface area contributed by atoms with Gasteiger partial charge in [0.15, 0.2) is 0 Å². The third-order valence-electron chi connectivity index (χ3n) is 2.17. The van der Waals surface area contributed by atoms with Crippen LogP contribution >= 0.6 is 0 Å². The second-order valence-electron chi connectivity index (χ2n) is 3.98. The number of rotatable bonds is 3. The highest BCUT2D eigenvalue weighted by Gasteiger charge is 1.93. The largest absolute Gasteiger partial charge is 0.478 e. The van der Waals surface area contributed by atoms with Crippen molar-refractivity contribution in [3.8, 4) is 0 Å². The molecule has 0 bridgehead atoms. The van der Waals surface area contributed by atoms with Gasteiger partial charge in [0.1, 0.15) is 0 Å². The number of hydrogen-bond acceptors (Lipinski definition) is 2.